The van der Waals surface area contributed by atoms with Crippen LogP contribution in [0.25, 0.3) is 0 Å². The largest absolute Gasteiger partial charge is 0.496 e. The van der Waals surface area contributed by atoms with Crippen molar-refractivity contribution in [1.29, 1.82) is 0 Å². The lowest BCUT2D eigenvalue weighted by molar-refractivity contribution is 0.388. The lowest BCUT2D eigenvalue weighted by atomic mass is 10.0. The van der Waals surface area contributed by atoms with Gasteiger partial charge >= 0.3 is 0 Å². The second kappa shape index (κ2) is 7.48. The first-order valence-corrected chi connectivity index (χ1v) is 7.68. The van der Waals surface area contributed by atoms with Crippen molar-refractivity contribution in [2.45, 2.75) is 32.4 Å². The van der Waals surface area contributed by atoms with E-state index in [4.69, 9.17) is 16.3 Å². The summed E-state index contributed by atoms with van der Waals surface area (Å²) in [5.74, 6) is 0.920. The number of rotatable bonds is 6. The molecule has 0 radical (unpaired) electrons. The highest BCUT2D eigenvalue weighted by Gasteiger charge is 2.18. The molecule has 0 saturated carbocycles. The van der Waals surface area contributed by atoms with Crippen molar-refractivity contribution in [3.8, 4) is 5.75 Å². The third kappa shape index (κ3) is 3.78. The van der Waals surface area contributed by atoms with Crippen LogP contribution in [0.1, 0.15) is 43.5 Å². The molecule has 2 rings (SSSR count). The van der Waals surface area contributed by atoms with Crippen LogP contribution in [0.2, 0.25) is 5.02 Å². The van der Waals surface area contributed by atoms with Gasteiger partial charge in [0.2, 0.25) is 0 Å². The predicted molar refractivity (Wildman–Crippen MR) is 89.0 cm³/mol. The number of benzene rings is 2. The van der Waals surface area contributed by atoms with Gasteiger partial charge in [-0.1, -0.05) is 54.9 Å². The van der Waals surface area contributed by atoms with Crippen molar-refractivity contribution < 1.29 is 4.74 Å². The Morgan fingerprint density at radius 3 is 2.29 bits per heavy atom. The minimum atomic E-state index is 0.175. The number of halogens is 1. The van der Waals surface area contributed by atoms with Crippen LogP contribution in [0, 0.1) is 0 Å². The van der Waals surface area contributed by atoms with Gasteiger partial charge < -0.3 is 10.1 Å². The number of hydrogen-bond donors (Lipinski definition) is 1. The van der Waals surface area contributed by atoms with E-state index in [1.165, 1.54) is 5.56 Å². The highest BCUT2D eigenvalue weighted by Crippen LogP contribution is 2.30. The van der Waals surface area contributed by atoms with Crippen LogP contribution < -0.4 is 10.1 Å². The zero-order chi connectivity index (χ0) is 15.2. The van der Waals surface area contributed by atoms with Crippen molar-refractivity contribution in [1.82, 2.24) is 5.32 Å². The maximum atomic E-state index is 6.29. The molecular weight excluding hydrogens is 282 g/mol. The minimum Gasteiger partial charge on any atom is -0.496 e. The lowest BCUT2D eigenvalue weighted by Gasteiger charge is -2.25. The molecule has 0 aliphatic heterocycles. The molecule has 0 spiro atoms. The highest BCUT2D eigenvalue weighted by atomic mass is 35.5. The maximum absolute atomic E-state index is 6.29. The summed E-state index contributed by atoms with van der Waals surface area (Å²) in [4.78, 5) is 0. The van der Waals surface area contributed by atoms with Gasteiger partial charge in [0.1, 0.15) is 5.75 Å². The van der Waals surface area contributed by atoms with E-state index in [1.54, 1.807) is 7.11 Å². The van der Waals surface area contributed by atoms with E-state index in [-0.39, 0.29) is 12.1 Å². The molecule has 1 N–H and O–H groups in total. The molecule has 0 heterocycles. The van der Waals surface area contributed by atoms with Gasteiger partial charge in [-0.15, -0.1) is 0 Å². The fourth-order valence-electron chi connectivity index (χ4n) is 2.60. The fraction of sp³-hybridized carbons (Fsp3) is 0.333. The van der Waals surface area contributed by atoms with Gasteiger partial charge in [0.25, 0.3) is 0 Å². The van der Waals surface area contributed by atoms with Gasteiger partial charge in [0.15, 0.2) is 0 Å². The third-order valence-electron chi connectivity index (χ3n) is 3.75. The predicted octanol–water partition coefficient (Wildman–Crippen LogP) is 5.15. The summed E-state index contributed by atoms with van der Waals surface area (Å²) in [6.07, 6.45) is 0.981. The first kappa shape index (κ1) is 15.9. The van der Waals surface area contributed by atoms with E-state index >= 15 is 0 Å². The number of hydrogen-bond acceptors (Lipinski definition) is 2. The van der Waals surface area contributed by atoms with Crippen molar-refractivity contribution in [3.63, 3.8) is 0 Å². The Balaban J connectivity index is 2.21. The zero-order valence-corrected chi connectivity index (χ0v) is 13.5. The summed E-state index contributed by atoms with van der Waals surface area (Å²) in [5.41, 5.74) is 2.30. The molecule has 112 valence electrons. The molecule has 2 aromatic carbocycles. The van der Waals surface area contributed by atoms with Crippen molar-refractivity contribution in [2.75, 3.05) is 7.11 Å². The molecule has 2 unspecified atom stereocenters. The van der Waals surface area contributed by atoms with Gasteiger partial charge in [-0.2, -0.15) is 0 Å². The van der Waals surface area contributed by atoms with E-state index in [9.17, 15) is 0 Å². The molecule has 21 heavy (non-hydrogen) atoms. The molecule has 0 fully saturated rings. The van der Waals surface area contributed by atoms with Crippen LogP contribution in [0.5, 0.6) is 5.75 Å². The zero-order valence-electron chi connectivity index (χ0n) is 12.8. The molecule has 2 aromatic rings. The molecule has 0 aliphatic carbocycles. The number of methoxy groups -OCH3 is 1. The second-order valence-corrected chi connectivity index (χ2v) is 5.52. The molecule has 0 aliphatic rings. The number of para-hydroxylation sites is 1. The first-order chi connectivity index (χ1) is 10.2. The SMILES string of the molecule is CCC(NC(C)c1ccccc1Cl)c1ccccc1OC. The summed E-state index contributed by atoms with van der Waals surface area (Å²) < 4.78 is 5.47. The molecule has 2 atom stereocenters. The van der Waals surface area contributed by atoms with E-state index < -0.39 is 0 Å². The van der Waals surface area contributed by atoms with Crippen LogP contribution in [0.4, 0.5) is 0 Å². The van der Waals surface area contributed by atoms with Gasteiger partial charge in [-0.25, -0.2) is 0 Å². The lowest BCUT2D eigenvalue weighted by Crippen LogP contribution is -2.24. The quantitative estimate of drug-likeness (QED) is 0.796. The Kier molecular flexibility index (Phi) is 5.66. The summed E-state index contributed by atoms with van der Waals surface area (Å²) >= 11 is 6.29. The molecule has 0 bridgehead atoms. The standard InChI is InChI=1S/C18H22ClNO/c1-4-17(15-10-6-8-12-18(15)21-3)20-13(2)14-9-5-7-11-16(14)19/h5-13,17,20H,4H2,1-3H3. The van der Waals surface area contributed by atoms with Crippen LogP contribution in [-0.2, 0) is 0 Å². The summed E-state index contributed by atoms with van der Waals surface area (Å²) in [6.45, 7) is 4.31. The van der Waals surface area contributed by atoms with Crippen molar-refractivity contribution in [3.05, 3.63) is 64.7 Å². The summed E-state index contributed by atoms with van der Waals surface area (Å²) in [6, 6.07) is 16.5. The Bertz CT molecular complexity index is 585. The Morgan fingerprint density at radius 1 is 1.05 bits per heavy atom. The second-order valence-electron chi connectivity index (χ2n) is 5.11. The molecule has 0 saturated heterocycles. The average Bonchev–Trinajstić information content (AvgIpc) is 2.52. The highest BCUT2D eigenvalue weighted by molar-refractivity contribution is 6.31. The van der Waals surface area contributed by atoms with Crippen LogP contribution >= 0.6 is 11.6 Å². The van der Waals surface area contributed by atoms with Gasteiger partial charge in [-0.3, -0.25) is 0 Å². The monoisotopic (exact) mass is 303 g/mol. The van der Waals surface area contributed by atoms with Gasteiger partial charge in [0, 0.05) is 22.7 Å². The molecular formula is C18H22ClNO. The number of nitrogens with one attached hydrogen (secondary N) is 1. The van der Waals surface area contributed by atoms with Crippen molar-refractivity contribution in [2.24, 2.45) is 0 Å². The topological polar surface area (TPSA) is 21.3 Å². The molecule has 3 heteroatoms. The summed E-state index contributed by atoms with van der Waals surface area (Å²) in [7, 11) is 1.71. The average molecular weight is 304 g/mol. The van der Waals surface area contributed by atoms with E-state index in [1.807, 2.05) is 36.4 Å². The molecule has 2 nitrogen and oxygen atoms in total. The van der Waals surface area contributed by atoms with Crippen LogP contribution in [0.3, 0.4) is 0 Å². The maximum Gasteiger partial charge on any atom is 0.123 e. The third-order valence-corrected chi connectivity index (χ3v) is 4.09. The number of ether oxygens (including phenoxy) is 1. The Morgan fingerprint density at radius 2 is 1.67 bits per heavy atom. The van der Waals surface area contributed by atoms with E-state index in [0.29, 0.717) is 0 Å². The van der Waals surface area contributed by atoms with E-state index in [2.05, 4.69) is 31.3 Å². The smallest absolute Gasteiger partial charge is 0.123 e. The van der Waals surface area contributed by atoms with Crippen LogP contribution in [0.15, 0.2) is 48.5 Å². The fourth-order valence-corrected chi connectivity index (χ4v) is 2.90. The molecule has 0 aromatic heterocycles. The normalized spacial score (nSPS) is 13.7. The first-order valence-electron chi connectivity index (χ1n) is 7.30. The Hall–Kier alpha value is -1.51. The Labute approximate surface area is 132 Å². The van der Waals surface area contributed by atoms with Gasteiger partial charge in [0.05, 0.1) is 7.11 Å². The summed E-state index contributed by atoms with van der Waals surface area (Å²) in [5, 5.41) is 4.45. The minimum absolute atomic E-state index is 0.175. The van der Waals surface area contributed by atoms with Crippen molar-refractivity contribution >= 4 is 11.6 Å². The van der Waals surface area contributed by atoms with E-state index in [0.717, 1.165) is 22.8 Å². The van der Waals surface area contributed by atoms with Crippen LogP contribution in [-0.4, -0.2) is 7.11 Å². The van der Waals surface area contributed by atoms with Gasteiger partial charge in [-0.05, 0) is 31.0 Å². The molecule has 0 amide bonds.